The SMILES string of the molecule is Cc1cc(C)n(Cc2cccc(C(=O)N3CCC(NS(=O)(=O)c4ccccc4)CC3)c2)n1. The van der Waals surface area contributed by atoms with E-state index in [2.05, 4.69) is 9.82 Å². The van der Waals surface area contributed by atoms with E-state index in [1.54, 1.807) is 35.2 Å². The molecule has 0 spiro atoms. The van der Waals surface area contributed by atoms with Crippen molar-refractivity contribution in [2.24, 2.45) is 0 Å². The summed E-state index contributed by atoms with van der Waals surface area (Å²) in [6.45, 7) is 5.63. The van der Waals surface area contributed by atoms with Gasteiger partial charge < -0.3 is 4.90 Å². The zero-order valence-electron chi connectivity index (χ0n) is 18.4. The van der Waals surface area contributed by atoms with Gasteiger partial charge in [0.2, 0.25) is 10.0 Å². The minimum absolute atomic E-state index is 0.0235. The van der Waals surface area contributed by atoms with Gasteiger partial charge in [0.1, 0.15) is 0 Å². The van der Waals surface area contributed by atoms with Crippen molar-refractivity contribution in [2.45, 2.75) is 44.2 Å². The van der Waals surface area contributed by atoms with E-state index in [0.717, 1.165) is 17.0 Å². The fraction of sp³-hybridized carbons (Fsp3) is 0.333. The smallest absolute Gasteiger partial charge is 0.253 e. The van der Waals surface area contributed by atoms with Crippen LogP contribution in [-0.4, -0.2) is 48.1 Å². The first-order chi connectivity index (χ1) is 15.3. The maximum Gasteiger partial charge on any atom is 0.253 e. The van der Waals surface area contributed by atoms with Crippen molar-refractivity contribution in [3.05, 3.63) is 83.2 Å². The Hall–Kier alpha value is -2.97. The van der Waals surface area contributed by atoms with Crippen molar-refractivity contribution >= 4 is 15.9 Å². The van der Waals surface area contributed by atoms with Crippen LogP contribution in [0.25, 0.3) is 0 Å². The van der Waals surface area contributed by atoms with E-state index in [4.69, 9.17) is 0 Å². The molecule has 1 fully saturated rings. The minimum Gasteiger partial charge on any atom is -0.339 e. The Labute approximate surface area is 189 Å². The summed E-state index contributed by atoms with van der Waals surface area (Å²) in [5, 5.41) is 4.49. The van der Waals surface area contributed by atoms with Crippen molar-refractivity contribution in [2.75, 3.05) is 13.1 Å². The van der Waals surface area contributed by atoms with Crippen LogP contribution in [0.2, 0.25) is 0 Å². The molecule has 0 atom stereocenters. The molecule has 1 aliphatic heterocycles. The topological polar surface area (TPSA) is 84.3 Å². The molecule has 0 radical (unpaired) electrons. The molecule has 0 unspecified atom stereocenters. The van der Waals surface area contributed by atoms with Crippen LogP contribution in [-0.2, 0) is 16.6 Å². The van der Waals surface area contributed by atoms with Gasteiger partial charge in [-0.05, 0) is 62.6 Å². The number of benzene rings is 2. The van der Waals surface area contributed by atoms with E-state index in [1.807, 2.05) is 48.9 Å². The lowest BCUT2D eigenvalue weighted by molar-refractivity contribution is 0.0711. The highest BCUT2D eigenvalue weighted by molar-refractivity contribution is 7.89. The molecule has 0 aliphatic carbocycles. The molecule has 32 heavy (non-hydrogen) atoms. The minimum atomic E-state index is -3.55. The molecule has 0 saturated carbocycles. The summed E-state index contributed by atoms with van der Waals surface area (Å²) >= 11 is 0. The Kier molecular flexibility index (Phi) is 6.43. The van der Waals surface area contributed by atoms with E-state index >= 15 is 0 Å². The van der Waals surface area contributed by atoms with Gasteiger partial charge in [-0.25, -0.2) is 13.1 Å². The molecule has 1 aliphatic rings. The van der Waals surface area contributed by atoms with Gasteiger partial charge >= 0.3 is 0 Å². The molecule has 2 aromatic carbocycles. The lowest BCUT2D eigenvalue weighted by Gasteiger charge is -2.32. The zero-order valence-corrected chi connectivity index (χ0v) is 19.2. The van der Waals surface area contributed by atoms with Gasteiger partial charge in [-0.2, -0.15) is 5.10 Å². The second-order valence-corrected chi connectivity index (χ2v) is 10.00. The number of nitrogens with zero attached hydrogens (tertiary/aromatic N) is 3. The Morgan fingerprint density at radius 2 is 1.75 bits per heavy atom. The Morgan fingerprint density at radius 1 is 1.03 bits per heavy atom. The number of carbonyl (C=O) groups excluding carboxylic acids is 1. The summed E-state index contributed by atoms with van der Waals surface area (Å²) in [6, 6.07) is 17.9. The highest BCUT2D eigenvalue weighted by Gasteiger charge is 2.27. The number of hydrogen-bond acceptors (Lipinski definition) is 4. The Balaban J connectivity index is 1.37. The van der Waals surface area contributed by atoms with Crippen LogP contribution in [0.1, 0.15) is 40.2 Å². The van der Waals surface area contributed by atoms with E-state index in [-0.39, 0.29) is 16.8 Å². The second-order valence-electron chi connectivity index (χ2n) is 8.29. The fourth-order valence-corrected chi connectivity index (χ4v) is 5.41. The predicted octanol–water partition coefficient (Wildman–Crippen LogP) is 3.13. The maximum atomic E-state index is 13.1. The van der Waals surface area contributed by atoms with Gasteiger partial charge in [-0.3, -0.25) is 9.48 Å². The number of likely N-dealkylation sites (tertiary alicyclic amines) is 1. The molecule has 1 N–H and O–H groups in total. The predicted molar refractivity (Wildman–Crippen MR) is 123 cm³/mol. The molecule has 0 bridgehead atoms. The van der Waals surface area contributed by atoms with Gasteiger partial charge in [0.15, 0.2) is 0 Å². The third-order valence-electron chi connectivity index (χ3n) is 5.77. The molecular weight excluding hydrogens is 424 g/mol. The highest BCUT2D eigenvalue weighted by atomic mass is 32.2. The molecule has 1 saturated heterocycles. The van der Waals surface area contributed by atoms with Crippen molar-refractivity contribution in [1.29, 1.82) is 0 Å². The van der Waals surface area contributed by atoms with Crippen LogP contribution < -0.4 is 4.72 Å². The van der Waals surface area contributed by atoms with Crippen LogP contribution in [0.4, 0.5) is 0 Å². The molecule has 8 heteroatoms. The van der Waals surface area contributed by atoms with Crippen LogP contribution >= 0.6 is 0 Å². The lowest BCUT2D eigenvalue weighted by Crippen LogP contribution is -2.46. The van der Waals surface area contributed by atoms with Crippen LogP contribution in [0.3, 0.4) is 0 Å². The average Bonchev–Trinajstić information content (AvgIpc) is 3.11. The largest absolute Gasteiger partial charge is 0.339 e. The number of aromatic nitrogens is 2. The van der Waals surface area contributed by atoms with E-state index in [9.17, 15) is 13.2 Å². The quantitative estimate of drug-likeness (QED) is 0.623. The van der Waals surface area contributed by atoms with Crippen LogP contribution in [0, 0.1) is 13.8 Å². The molecule has 1 aromatic heterocycles. The first kappa shape index (κ1) is 22.2. The summed E-state index contributed by atoms with van der Waals surface area (Å²) < 4.78 is 29.8. The Bertz CT molecular complexity index is 1200. The number of amides is 1. The molecule has 1 amide bonds. The maximum absolute atomic E-state index is 13.1. The van der Waals surface area contributed by atoms with E-state index in [1.165, 1.54) is 0 Å². The molecule has 2 heterocycles. The van der Waals surface area contributed by atoms with Gasteiger partial charge in [-0.1, -0.05) is 30.3 Å². The van der Waals surface area contributed by atoms with Crippen molar-refractivity contribution in [3.8, 4) is 0 Å². The van der Waals surface area contributed by atoms with E-state index < -0.39 is 10.0 Å². The van der Waals surface area contributed by atoms with Crippen LogP contribution in [0.15, 0.2) is 65.6 Å². The third kappa shape index (κ3) is 5.08. The third-order valence-corrected chi connectivity index (χ3v) is 7.30. The molecule has 4 rings (SSSR count). The zero-order chi connectivity index (χ0) is 22.7. The van der Waals surface area contributed by atoms with Gasteiger partial charge in [0.05, 0.1) is 17.1 Å². The molecule has 7 nitrogen and oxygen atoms in total. The summed E-state index contributed by atoms with van der Waals surface area (Å²) in [6.07, 6.45) is 1.17. The summed E-state index contributed by atoms with van der Waals surface area (Å²) in [7, 11) is -3.55. The van der Waals surface area contributed by atoms with Crippen molar-refractivity contribution in [1.82, 2.24) is 19.4 Å². The van der Waals surface area contributed by atoms with Gasteiger partial charge in [0, 0.05) is 30.4 Å². The number of hydrogen-bond donors (Lipinski definition) is 1. The second kappa shape index (κ2) is 9.26. The summed E-state index contributed by atoms with van der Waals surface area (Å²) in [4.78, 5) is 15.1. The number of sulfonamides is 1. The number of rotatable bonds is 6. The monoisotopic (exact) mass is 452 g/mol. The normalized spacial score (nSPS) is 15.1. The standard InChI is InChI=1S/C24H28N4O3S/c1-18-15-19(2)28(25-18)17-20-7-6-8-21(16-20)24(29)27-13-11-22(12-14-27)26-32(30,31)23-9-4-3-5-10-23/h3-10,15-16,22,26H,11-14,17H2,1-2H3. The first-order valence-electron chi connectivity index (χ1n) is 10.8. The molecular formula is C24H28N4O3S. The van der Waals surface area contributed by atoms with Gasteiger partial charge in [0.25, 0.3) is 5.91 Å². The average molecular weight is 453 g/mol. The van der Waals surface area contributed by atoms with Crippen molar-refractivity contribution < 1.29 is 13.2 Å². The Morgan fingerprint density at radius 3 is 2.41 bits per heavy atom. The van der Waals surface area contributed by atoms with Crippen LogP contribution in [0.5, 0.6) is 0 Å². The fourth-order valence-electron chi connectivity index (χ4n) is 4.08. The van der Waals surface area contributed by atoms with Crippen molar-refractivity contribution in [3.63, 3.8) is 0 Å². The number of aryl methyl sites for hydroxylation is 2. The first-order valence-corrected chi connectivity index (χ1v) is 12.3. The summed E-state index contributed by atoms with van der Waals surface area (Å²) in [5.74, 6) is -0.0235. The number of carbonyl (C=O) groups is 1. The number of piperidine rings is 1. The van der Waals surface area contributed by atoms with E-state index in [0.29, 0.717) is 38.0 Å². The molecule has 168 valence electrons. The molecule has 3 aromatic rings. The lowest BCUT2D eigenvalue weighted by atomic mass is 10.0. The van der Waals surface area contributed by atoms with Gasteiger partial charge in [-0.15, -0.1) is 0 Å². The highest BCUT2D eigenvalue weighted by Crippen LogP contribution is 2.18. The summed E-state index contributed by atoms with van der Waals surface area (Å²) in [5.41, 5.74) is 3.72. The number of nitrogens with one attached hydrogen (secondary N) is 1.